The molecule has 3 rings (SSSR count). The molecule has 162 valence electrons. The zero-order valence-corrected chi connectivity index (χ0v) is 18.2. The lowest BCUT2D eigenvalue weighted by Gasteiger charge is -2.19. The van der Waals surface area contributed by atoms with E-state index in [2.05, 4.69) is 15.0 Å². The van der Waals surface area contributed by atoms with Crippen LogP contribution in [0.4, 0.5) is 0 Å². The number of rotatable bonds is 9. The normalized spacial score (nSPS) is 12.2. The first-order valence-electron chi connectivity index (χ1n) is 9.76. The van der Waals surface area contributed by atoms with Gasteiger partial charge in [-0.05, 0) is 60.4 Å². The minimum Gasteiger partial charge on any atom is -0.496 e. The number of ether oxygens (including phenoxy) is 1. The molecular formula is C23H25N3O4S. The molecule has 0 spiro atoms. The molecule has 0 aliphatic heterocycles. The van der Waals surface area contributed by atoms with Crippen LogP contribution in [0.5, 0.6) is 5.75 Å². The second-order valence-corrected chi connectivity index (χ2v) is 8.78. The van der Waals surface area contributed by atoms with Gasteiger partial charge in [-0.2, -0.15) is 4.72 Å². The second-order valence-electron chi connectivity index (χ2n) is 7.07. The molecule has 0 radical (unpaired) electrons. The number of carbonyl (C=O) groups is 1. The van der Waals surface area contributed by atoms with Gasteiger partial charge in [0.05, 0.1) is 12.0 Å². The fraction of sp³-hybridized carbons (Fsp3) is 0.217. The Kier molecular flexibility index (Phi) is 7.38. The Morgan fingerprint density at radius 2 is 1.74 bits per heavy atom. The van der Waals surface area contributed by atoms with Crippen molar-refractivity contribution in [1.82, 2.24) is 15.0 Å². The minimum absolute atomic E-state index is 0.0748. The molecule has 0 aliphatic rings. The Bertz CT molecular complexity index is 1120. The first kappa shape index (κ1) is 22.5. The highest BCUT2D eigenvalue weighted by Crippen LogP contribution is 2.21. The van der Waals surface area contributed by atoms with Gasteiger partial charge in [0, 0.05) is 18.9 Å². The van der Waals surface area contributed by atoms with Crippen LogP contribution < -0.4 is 14.8 Å². The second kappa shape index (κ2) is 10.2. The number of hydrogen-bond acceptors (Lipinski definition) is 5. The van der Waals surface area contributed by atoms with Crippen molar-refractivity contribution in [3.63, 3.8) is 0 Å². The summed E-state index contributed by atoms with van der Waals surface area (Å²) in [6, 6.07) is 16.5. The Morgan fingerprint density at radius 1 is 1.03 bits per heavy atom. The molecule has 3 aromatic rings. The molecule has 1 amide bonds. The van der Waals surface area contributed by atoms with E-state index in [9.17, 15) is 13.2 Å². The molecule has 2 N–H and O–H groups in total. The molecule has 8 heteroatoms. The molecule has 1 atom stereocenters. The van der Waals surface area contributed by atoms with E-state index in [0.717, 1.165) is 11.1 Å². The van der Waals surface area contributed by atoms with Gasteiger partial charge >= 0.3 is 0 Å². The molecule has 0 aliphatic carbocycles. The molecule has 0 saturated carbocycles. The van der Waals surface area contributed by atoms with Crippen LogP contribution in [0, 0.1) is 6.92 Å². The number of aryl methyl sites for hydroxylation is 1. The molecule has 31 heavy (non-hydrogen) atoms. The van der Waals surface area contributed by atoms with Gasteiger partial charge in [-0.25, -0.2) is 8.42 Å². The van der Waals surface area contributed by atoms with Crippen molar-refractivity contribution in [3.8, 4) is 5.75 Å². The average Bonchev–Trinajstić information content (AvgIpc) is 2.78. The predicted molar refractivity (Wildman–Crippen MR) is 118 cm³/mol. The third-order valence-electron chi connectivity index (χ3n) is 4.79. The quantitative estimate of drug-likeness (QED) is 0.534. The average molecular weight is 440 g/mol. The van der Waals surface area contributed by atoms with Crippen molar-refractivity contribution in [2.75, 3.05) is 7.11 Å². The zero-order valence-electron chi connectivity index (χ0n) is 17.4. The monoisotopic (exact) mass is 439 g/mol. The number of hydrogen-bond donors (Lipinski definition) is 2. The van der Waals surface area contributed by atoms with Crippen LogP contribution in [0.1, 0.15) is 16.7 Å². The van der Waals surface area contributed by atoms with E-state index in [-0.39, 0.29) is 17.9 Å². The van der Waals surface area contributed by atoms with Crippen LogP contribution in [0.25, 0.3) is 0 Å². The fourth-order valence-electron chi connectivity index (χ4n) is 3.12. The SMILES string of the molecule is COc1ccc(S(=O)(=O)N[C@H](Cc2ccccc2)C(=O)NCc2ccncc2)cc1C. The van der Waals surface area contributed by atoms with Gasteiger partial charge in [-0.3, -0.25) is 9.78 Å². The lowest BCUT2D eigenvalue weighted by molar-refractivity contribution is -0.122. The van der Waals surface area contributed by atoms with Crippen molar-refractivity contribution in [2.45, 2.75) is 30.8 Å². The van der Waals surface area contributed by atoms with Crippen LogP contribution in [-0.4, -0.2) is 32.5 Å². The van der Waals surface area contributed by atoms with Crippen molar-refractivity contribution >= 4 is 15.9 Å². The molecule has 0 bridgehead atoms. The maximum absolute atomic E-state index is 13.0. The van der Waals surface area contributed by atoms with E-state index in [0.29, 0.717) is 11.3 Å². The van der Waals surface area contributed by atoms with Crippen molar-refractivity contribution in [1.29, 1.82) is 0 Å². The summed E-state index contributed by atoms with van der Waals surface area (Å²) in [4.78, 5) is 17.0. The summed E-state index contributed by atoms with van der Waals surface area (Å²) in [6.45, 7) is 2.04. The molecule has 0 fully saturated rings. The van der Waals surface area contributed by atoms with Gasteiger partial charge in [0.15, 0.2) is 0 Å². The number of carbonyl (C=O) groups excluding carboxylic acids is 1. The number of aromatic nitrogens is 1. The number of methoxy groups -OCH3 is 1. The maximum atomic E-state index is 13.0. The van der Waals surface area contributed by atoms with Crippen LogP contribution in [0.15, 0.2) is 78.0 Å². The van der Waals surface area contributed by atoms with Crippen molar-refractivity contribution in [2.24, 2.45) is 0 Å². The lowest BCUT2D eigenvalue weighted by Crippen LogP contribution is -2.47. The van der Waals surface area contributed by atoms with Crippen LogP contribution in [0.3, 0.4) is 0 Å². The van der Waals surface area contributed by atoms with Crippen LogP contribution in [0.2, 0.25) is 0 Å². The standard InChI is InChI=1S/C23H25N3O4S/c1-17-14-20(8-9-22(17)30-2)31(28,29)26-21(15-18-6-4-3-5-7-18)23(27)25-16-19-10-12-24-13-11-19/h3-14,21,26H,15-16H2,1-2H3,(H,25,27)/t21-/m1/s1. The van der Waals surface area contributed by atoms with E-state index < -0.39 is 22.0 Å². The first-order valence-corrected chi connectivity index (χ1v) is 11.2. The molecule has 2 aromatic carbocycles. The summed E-state index contributed by atoms with van der Waals surface area (Å²) in [7, 11) is -2.41. The van der Waals surface area contributed by atoms with Gasteiger partial charge in [0.2, 0.25) is 15.9 Å². The third kappa shape index (κ3) is 6.13. The lowest BCUT2D eigenvalue weighted by atomic mass is 10.1. The number of benzene rings is 2. The van der Waals surface area contributed by atoms with Crippen molar-refractivity contribution < 1.29 is 17.9 Å². The predicted octanol–water partition coefficient (Wildman–Crippen LogP) is 2.60. The summed E-state index contributed by atoms with van der Waals surface area (Å²) in [5.41, 5.74) is 2.41. The number of nitrogens with one attached hydrogen (secondary N) is 2. The Morgan fingerprint density at radius 3 is 2.39 bits per heavy atom. The van der Waals surface area contributed by atoms with E-state index in [1.54, 1.807) is 37.5 Å². The van der Waals surface area contributed by atoms with Gasteiger partial charge in [-0.1, -0.05) is 30.3 Å². The third-order valence-corrected chi connectivity index (χ3v) is 6.26. The van der Waals surface area contributed by atoms with E-state index in [1.807, 2.05) is 30.3 Å². The maximum Gasteiger partial charge on any atom is 0.241 e. The number of nitrogens with zero attached hydrogens (tertiary/aromatic N) is 1. The van der Waals surface area contributed by atoms with E-state index in [1.165, 1.54) is 19.2 Å². The molecule has 1 heterocycles. The Labute approximate surface area is 182 Å². The molecule has 0 saturated heterocycles. The van der Waals surface area contributed by atoms with Crippen LogP contribution >= 0.6 is 0 Å². The minimum atomic E-state index is -3.93. The summed E-state index contributed by atoms with van der Waals surface area (Å²) >= 11 is 0. The van der Waals surface area contributed by atoms with Gasteiger partial charge < -0.3 is 10.1 Å². The molecular weight excluding hydrogens is 414 g/mol. The summed E-state index contributed by atoms with van der Waals surface area (Å²) < 4.78 is 33.8. The van der Waals surface area contributed by atoms with E-state index in [4.69, 9.17) is 4.74 Å². The highest BCUT2D eigenvalue weighted by molar-refractivity contribution is 7.89. The Balaban J connectivity index is 1.81. The topological polar surface area (TPSA) is 97.4 Å². The number of amides is 1. The first-order chi connectivity index (χ1) is 14.9. The highest BCUT2D eigenvalue weighted by atomic mass is 32.2. The Hall–Kier alpha value is -3.23. The fourth-order valence-corrected chi connectivity index (χ4v) is 4.40. The number of pyridine rings is 1. The van der Waals surface area contributed by atoms with Crippen molar-refractivity contribution in [3.05, 3.63) is 89.7 Å². The van der Waals surface area contributed by atoms with Crippen LogP contribution in [-0.2, 0) is 27.8 Å². The zero-order chi connectivity index (χ0) is 22.3. The summed E-state index contributed by atoms with van der Waals surface area (Å²) in [5, 5.41) is 2.81. The summed E-state index contributed by atoms with van der Waals surface area (Å²) in [6.07, 6.45) is 3.49. The molecule has 0 unspecified atom stereocenters. The van der Waals surface area contributed by atoms with Gasteiger partial charge in [-0.15, -0.1) is 0 Å². The van der Waals surface area contributed by atoms with E-state index >= 15 is 0 Å². The summed E-state index contributed by atoms with van der Waals surface area (Å²) in [5.74, 6) is 0.185. The molecule has 1 aromatic heterocycles. The smallest absolute Gasteiger partial charge is 0.241 e. The highest BCUT2D eigenvalue weighted by Gasteiger charge is 2.26. The number of sulfonamides is 1. The largest absolute Gasteiger partial charge is 0.496 e. The van der Waals surface area contributed by atoms with Gasteiger partial charge in [0.25, 0.3) is 0 Å². The van der Waals surface area contributed by atoms with Gasteiger partial charge in [0.1, 0.15) is 11.8 Å². The molecule has 7 nitrogen and oxygen atoms in total.